The van der Waals surface area contributed by atoms with Gasteiger partial charge in [0.2, 0.25) is 10.0 Å². The number of anilines is 1. The SMILES string of the molecule is CCNc1ncccc1S(=O)(=O)N1CCCC(CCO)C1. The maximum absolute atomic E-state index is 12.8. The van der Waals surface area contributed by atoms with E-state index >= 15 is 0 Å². The highest BCUT2D eigenvalue weighted by molar-refractivity contribution is 7.89. The Bertz CT molecular complexity index is 560. The Kier molecular flexibility index (Phi) is 5.55. The second-order valence-corrected chi connectivity index (χ2v) is 7.17. The van der Waals surface area contributed by atoms with Crippen molar-refractivity contribution in [1.82, 2.24) is 9.29 Å². The lowest BCUT2D eigenvalue weighted by molar-refractivity contribution is 0.203. The standard InChI is InChI=1S/C14H23N3O3S/c1-2-15-14-13(6-3-8-16-14)21(19,20)17-9-4-5-12(11-17)7-10-18/h3,6,8,12,18H,2,4-5,7,9-11H2,1H3,(H,15,16). The van der Waals surface area contributed by atoms with Crippen LogP contribution in [-0.4, -0.2) is 49.1 Å². The zero-order valence-electron chi connectivity index (χ0n) is 12.3. The van der Waals surface area contributed by atoms with E-state index in [9.17, 15) is 8.42 Å². The molecule has 2 N–H and O–H groups in total. The molecule has 1 aliphatic heterocycles. The number of rotatable bonds is 6. The summed E-state index contributed by atoms with van der Waals surface area (Å²) in [7, 11) is -3.54. The van der Waals surface area contributed by atoms with Crippen LogP contribution in [0.15, 0.2) is 23.2 Å². The average Bonchev–Trinajstić information content (AvgIpc) is 2.49. The van der Waals surface area contributed by atoms with Crippen molar-refractivity contribution in [2.45, 2.75) is 31.1 Å². The molecule has 1 aliphatic rings. The van der Waals surface area contributed by atoms with E-state index in [0.29, 0.717) is 31.9 Å². The molecular formula is C14H23N3O3S. The molecule has 118 valence electrons. The number of hydrogen-bond acceptors (Lipinski definition) is 5. The van der Waals surface area contributed by atoms with Crippen molar-refractivity contribution in [3.8, 4) is 0 Å². The summed E-state index contributed by atoms with van der Waals surface area (Å²) in [5, 5.41) is 12.1. The lowest BCUT2D eigenvalue weighted by atomic mass is 9.97. The third-order valence-electron chi connectivity index (χ3n) is 3.75. The molecule has 6 nitrogen and oxygen atoms in total. The first-order chi connectivity index (χ1) is 10.1. The van der Waals surface area contributed by atoms with Crippen molar-refractivity contribution >= 4 is 15.8 Å². The number of aliphatic hydroxyl groups excluding tert-OH is 1. The van der Waals surface area contributed by atoms with Crippen molar-refractivity contribution in [1.29, 1.82) is 0 Å². The monoisotopic (exact) mass is 313 g/mol. The van der Waals surface area contributed by atoms with Crippen LogP contribution in [0.4, 0.5) is 5.82 Å². The van der Waals surface area contributed by atoms with Crippen molar-refractivity contribution in [2.75, 3.05) is 31.6 Å². The first-order valence-electron chi connectivity index (χ1n) is 7.39. The van der Waals surface area contributed by atoms with E-state index in [4.69, 9.17) is 5.11 Å². The van der Waals surface area contributed by atoms with Crippen LogP contribution in [0.2, 0.25) is 0 Å². The Labute approximate surface area is 126 Å². The largest absolute Gasteiger partial charge is 0.396 e. The minimum Gasteiger partial charge on any atom is -0.396 e. The fourth-order valence-electron chi connectivity index (χ4n) is 2.70. The molecule has 0 amide bonds. The predicted molar refractivity (Wildman–Crippen MR) is 81.6 cm³/mol. The van der Waals surface area contributed by atoms with Crippen molar-refractivity contribution < 1.29 is 13.5 Å². The van der Waals surface area contributed by atoms with E-state index < -0.39 is 10.0 Å². The van der Waals surface area contributed by atoms with Crippen LogP contribution in [0.5, 0.6) is 0 Å². The zero-order valence-corrected chi connectivity index (χ0v) is 13.1. The van der Waals surface area contributed by atoms with E-state index in [1.54, 1.807) is 18.3 Å². The van der Waals surface area contributed by atoms with E-state index in [-0.39, 0.29) is 17.4 Å². The summed E-state index contributed by atoms with van der Waals surface area (Å²) in [5.74, 6) is 0.641. The molecule has 0 radical (unpaired) electrons. The molecule has 21 heavy (non-hydrogen) atoms. The van der Waals surface area contributed by atoms with Gasteiger partial charge >= 0.3 is 0 Å². The topological polar surface area (TPSA) is 82.5 Å². The van der Waals surface area contributed by atoms with Gasteiger partial charge in [0, 0.05) is 32.4 Å². The van der Waals surface area contributed by atoms with Gasteiger partial charge in [0.1, 0.15) is 10.7 Å². The van der Waals surface area contributed by atoms with Gasteiger partial charge in [-0.15, -0.1) is 0 Å². The number of piperidine rings is 1. The maximum Gasteiger partial charge on any atom is 0.246 e. The molecule has 0 bridgehead atoms. The smallest absolute Gasteiger partial charge is 0.246 e. The van der Waals surface area contributed by atoms with Crippen molar-refractivity contribution in [3.63, 3.8) is 0 Å². The quantitative estimate of drug-likeness (QED) is 0.827. The van der Waals surface area contributed by atoms with Crippen LogP contribution < -0.4 is 5.32 Å². The first-order valence-corrected chi connectivity index (χ1v) is 8.83. The predicted octanol–water partition coefficient (Wildman–Crippen LogP) is 1.30. The fraction of sp³-hybridized carbons (Fsp3) is 0.643. The molecule has 0 aromatic carbocycles. The molecule has 1 unspecified atom stereocenters. The van der Waals surface area contributed by atoms with E-state index in [1.807, 2.05) is 6.92 Å². The maximum atomic E-state index is 12.8. The van der Waals surface area contributed by atoms with Gasteiger partial charge < -0.3 is 10.4 Å². The van der Waals surface area contributed by atoms with E-state index in [1.165, 1.54) is 4.31 Å². The molecule has 1 aromatic rings. The molecule has 1 saturated heterocycles. The summed E-state index contributed by atoms with van der Waals surface area (Å²) >= 11 is 0. The Morgan fingerprint density at radius 1 is 1.52 bits per heavy atom. The summed E-state index contributed by atoms with van der Waals surface area (Å²) in [5.41, 5.74) is 0. The van der Waals surface area contributed by atoms with Gasteiger partial charge in [-0.2, -0.15) is 4.31 Å². The first kappa shape index (κ1) is 16.2. The molecule has 0 saturated carbocycles. The van der Waals surface area contributed by atoms with Gasteiger partial charge in [0.25, 0.3) is 0 Å². The summed E-state index contributed by atoms with van der Waals surface area (Å²) in [6.45, 7) is 3.64. The van der Waals surface area contributed by atoms with Gasteiger partial charge in [-0.05, 0) is 44.2 Å². The molecule has 1 fully saturated rings. The normalized spacial score (nSPS) is 20.4. The highest BCUT2D eigenvalue weighted by atomic mass is 32.2. The Hall–Kier alpha value is -1.18. The molecule has 7 heteroatoms. The van der Waals surface area contributed by atoms with Gasteiger partial charge in [-0.25, -0.2) is 13.4 Å². The van der Waals surface area contributed by atoms with Crippen LogP contribution in [-0.2, 0) is 10.0 Å². The second kappa shape index (κ2) is 7.20. The lowest BCUT2D eigenvalue weighted by Crippen LogP contribution is -2.40. The van der Waals surface area contributed by atoms with Crippen molar-refractivity contribution in [3.05, 3.63) is 18.3 Å². The third kappa shape index (κ3) is 3.72. The average molecular weight is 313 g/mol. The minimum absolute atomic E-state index is 0.105. The van der Waals surface area contributed by atoms with Crippen LogP contribution in [0, 0.1) is 5.92 Å². The van der Waals surface area contributed by atoms with Gasteiger partial charge in [0.15, 0.2) is 0 Å². The molecule has 2 heterocycles. The highest BCUT2D eigenvalue weighted by Gasteiger charge is 2.31. The molecular weight excluding hydrogens is 290 g/mol. The summed E-state index contributed by atoms with van der Waals surface area (Å²) in [6.07, 6.45) is 4.04. The van der Waals surface area contributed by atoms with E-state index in [2.05, 4.69) is 10.3 Å². The number of aromatic nitrogens is 1. The lowest BCUT2D eigenvalue weighted by Gasteiger charge is -2.32. The van der Waals surface area contributed by atoms with Crippen LogP contribution >= 0.6 is 0 Å². The Balaban J connectivity index is 2.25. The Morgan fingerprint density at radius 2 is 2.33 bits per heavy atom. The number of pyridine rings is 1. The van der Waals surface area contributed by atoms with Crippen LogP contribution in [0.3, 0.4) is 0 Å². The van der Waals surface area contributed by atoms with E-state index in [0.717, 1.165) is 12.8 Å². The summed E-state index contributed by atoms with van der Waals surface area (Å²) in [6, 6.07) is 3.23. The fourth-order valence-corrected chi connectivity index (χ4v) is 4.38. The second-order valence-electron chi connectivity index (χ2n) is 5.26. The number of hydrogen-bond donors (Lipinski definition) is 2. The summed E-state index contributed by atoms with van der Waals surface area (Å²) < 4.78 is 27.2. The molecule has 1 aromatic heterocycles. The minimum atomic E-state index is -3.54. The van der Waals surface area contributed by atoms with Gasteiger partial charge in [-0.3, -0.25) is 0 Å². The van der Waals surface area contributed by atoms with Crippen LogP contribution in [0.1, 0.15) is 26.2 Å². The molecule has 1 atom stereocenters. The number of nitrogens with one attached hydrogen (secondary N) is 1. The van der Waals surface area contributed by atoms with Crippen molar-refractivity contribution in [2.24, 2.45) is 5.92 Å². The number of aliphatic hydroxyl groups is 1. The molecule has 2 rings (SSSR count). The number of sulfonamides is 1. The van der Waals surface area contributed by atoms with Gasteiger partial charge in [-0.1, -0.05) is 0 Å². The zero-order chi connectivity index (χ0) is 15.3. The number of nitrogens with zero attached hydrogens (tertiary/aromatic N) is 2. The Morgan fingerprint density at radius 3 is 3.05 bits per heavy atom. The highest BCUT2D eigenvalue weighted by Crippen LogP contribution is 2.28. The molecule has 0 spiro atoms. The van der Waals surface area contributed by atoms with Crippen LogP contribution in [0.25, 0.3) is 0 Å². The third-order valence-corrected chi connectivity index (χ3v) is 5.65. The summed E-state index contributed by atoms with van der Waals surface area (Å²) in [4.78, 5) is 4.36. The van der Waals surface area contributed by atoms with Gasteiger partial charge in [0.05, 0.1) is 0 Å². The molecule has 0 aliphatic carbocycles.